The summed E-state index contributed by atoms with van der Waals surface area (Å²) in [5, 5.41) is 17.4. The molecule has 0 atom stereocenters. The fraction of sp³-hybridized carbons (Fsp3) is 0.273. The first kappa shape index (κ1) is 14.7. The number of nitrogens with zero attached hydrogens (tertiary/aromatic N) is 2. The standard InChI is InChI=1S/C11H5F5N2O/c12-10(13,11(14,15)16)6-19-9-3-1-2-7(4-17)8(9)5-18/h1-3H,6H2. The Morgan fingerprint density at radius 1 is 1.05 bits per heavy atom. The van der Waals surface area contributed by atoms with Crippen molar-refractivity contribution in [2.45, 2.75) is 12.1 Å². The van der Waals surface area contributed by atoms with Crippen molar-refractivity contribution in [2.75, 3.05) is 6.61 Å². The SMILES string of the molecule is N#Cc1cccc(OCC(F)(F)C(F)(F)F)c1C#N. The Labute approximate surface area is 104 Å². The van der Waals surface area contributed by atoms with Gasteiger partial charge in [0.2, 0.25) is 0 Å². The molecule has 0 radical (unpaired) electrons. The third-order valence-electron chi connectivity index (χ3n) is 2.08. The Kier molecular flexibility index (Phi) is 3.95. The normalized spacial score (nSPS) is 11.5. The molecule has 1 rings (SSSR count). The second-order valence-electron chi connectivity index (χ2n) is 3.39. The molecule has 1 aromatic carbocycles. The smallest absolute Gasteiger partial charge is 0.456 e. The molecular weight excluding hydrogens is 271 g/mol. The van der Waals surface area contributed by atoms with Crippen LogP contribution in [0.5, 0.6) is 5.75 Å². The summed E-state index contributed by atoms with van der Waals surface area (Å²) in [6.45, 7) is -1.96. The molecule has 0 amide bonds. The summed E-state index contributed by atoms with van der Waals surface area (Å²) in [7, 11) is 0. The number of benzene rings is 1. The van der Waals surface area contributed by atoms with E-state index < -0.39 is 24.5 Å². The molecule has 1 aromatic rings. The van der Waals surface area contributed by atoms with Crippen molar-refractivity contribution in [3.63, 3.8) is 0 Å². The first-order valence-electron chi connectivity index (χ1n) is 4.73. The zero-order valence-electron chi connectivity index (χ0n) is 9.13. The molecule has 0 bridgehead atoms. The Hall–Kier alpha value is -2.35. The van der Waals surface area contributed by atoms with E-state index in [0.717, 1.165) is 6.07 Å². The molecule has 8 heteroatoms. The molecule has 0 saturated heterocycles. The lowest BCUT2D eigenvalue weighted by Crippen LogP contribution is -2.41. The van der Waals surface area contributed by atoms with Gasteiger partial charge in [-0.15, -0.1) is 0 Å². The molecule has 3 nitrogen and oxygen atoms in total. The molecule has 0 aliphatic heterocycles. The number of hydrogen-bond acceptors (Lipinski definition) is 3. The van der Waals surface area contributed by atoms with Crippen LogP contribution in [-0.4, -0.2) is 18.7 Å². The van der Waals surface area contributed by atoms with Gasteiger partial charge in [-0.1, -0.05) is 6.07 Å². The predicted octanol–water partition coefficient (Wildman–Crippen LogP) is 3.01. The van der Waals surface area contributed by atoms with Crippen molar-refractivity contribution in [3.05, 3.63) is 29.3 Å². The number of rotatable bonds is 3. The highest BCUT2D eigenvalue weighted by Crippen LogP contribution is 2.36. The van der Waals surface area contributed by atoms with Crippen LogP contribution in [0.25, 0.3) is 0 Å². The van der Waals surface area contributed by atoms with Gasteiger partial charge in [0, 0.05) is 0 Å². The van der Waals surface area contributed by atoms with Gasteiger partial charge in [-0.3, -0.25) is 0 Å². The quantitative estimate of drug-likeness (QED) is 0.797. The predicted molar refractivity (Wildman–Crippen MR) is 52.4 cm³/mol. The maximum absolute atomic E-state index is 12.6. The van der Waals surface area contributed by atoms with E-state index in [4.69, 9.17) is 10.5 Å². The summed E-state index contributed by atoms with van der Waals surface area (Å²) in [5.74, 6) is -5.53. The molecule has 0 N–H and O–H groups in total. The van der Waals surface area contributed by atoms with Gasteiger partial charge < -0.3 is 4.74 Å². The van der Waals surface area contributed by atoms with E-state index >= 15 is 0 Å². The van der Waals surface area contributed by atoms with Crippen LogP contribution in [0.3, 0.4) is 0 Å². The third-order valence-corrected chi connectivity index (χ3v) is 2.08. The zero-order chi connectivity index (χ0) is 14.7. The highest BCUT2D eigenvalue weighted by Gasteiger charge is 2.58. The molecule has 0 aliphatic rings. The van der Waals surface area contributed by atoms with Crippen LogP contribution in [-0.2, 0) is 0 Å². The van der Waals surface area contributed by atoms with Crippen molar-refractivity contribution in [2.24, 2.45) is 0 Å². The zero-order valence-corrected chi connectivity index (χ0v) is 9.13. The van der Waals surface area contributed by atoms with Crippen LogP contribution in [0.1, 0.15) is 11.1 Å². The number of halogens is 5. The Morgan fingerprint density at radius 3 is 2.16 bits per heavy atom. The van der Waals surface area contributed by atoms with Gasteiger partial charge >= 0.3 is 12.1 Å². The van der Waals surface area contributed by atoms with Crippen LogP contribution in [0.2, 0.25) is 0 Å². The molecule has 0 fully saturated rings. The van der Waals surface area contributed by atoms with Crippen LogP contribution in [0.15, 0.2) is 18.2 Å². The van der Waals surface area contributed by atoms with Crippen molar-refractivity contribution < 1.29 is 26.7 Å². The van der Waals surface area contributed by atoms with E-state index in [1.807, 2.05) is 0 Å². The van der Waals surface area contributed by atoms with Crippen molar-refractivity contribution in [1.29, 1.82) is 10.5 Å². The summed E-state index contributed by atoms with van der Waals surface area (Å²) in [6.07, 6.45) is -5.74. The molecule has 100 valence electrons. The van der Waals surface area contributed by atoms with E-state index in [1.54, 1.807) is 6.07 Å². The van der Waals surface area contributed by atoms with Gasteiger partial charge in [-0.2, -0.15) is 32.5 Å². The van der Waals surface area contributed by atoms with Gasteiger partial charge in [-0.05, 0) is 12.1 Å². The Morgan fingerprint density at radius 2 is 1.68 bits per heavy atom. The van der Waals surface area contributed by atoms with E-state index in [2.05, 4.69) is 4.74 Å². The second kappa shape index (κ2) is 5.11. The summed E-state index contributed by atoms with van der Waals surface area (Å²) in [5.41, 5.74) is -0.557. The van der Waals surface area contributed by atoms with Crippen molar-refractivity contribution in [3.8, 4) is 17.9 Å². The minimum atomic E-state index is -5.74. The van der Waals surface area contributed by atoms with E-state index in [9.17, 15) is 22.0 Å². The fourth-order valence-electron chi connectivity index (χ4n) is 1.11. The molecule has 19 heavy (non-hydrogen) atoms. The van der Waals surface area contributed by atoms with Gasteiger partial charge in [0.15, 0.2) is 6.61 Å². The second-order valence-corrected chi connectivity index (χ2v) is 3.39. The maximum atomic E-state index is 12.6. The molecule has 0 unspecified atom stereocenters. The lowest BCUT2D eigenvalue weighted by molar-refractivity contribution is -0.290. The van der Waals surface area contributed by atoms with Gasteiger partial charge in [0.1, 0.15) is 23.5 Å². The number of hydrogen-bond donors (Lipinski definition) is 0. The topological polar surface area (TPSA) is 56.8 Å². The minimum Gasteiger partial charge on any atom is -0.485 e. The average Bonchev–Trinajstić information content (AvgIpc) is 2.34. The van der Waals surface area contributed by atoms with Crippen molar-refractivity contribution >= 4 is 0 Å². The highest BCUT2D eigenvalue weighted by molar-refractivity contribution is 5.53. The summed E-state index contributed by atoms with van der Waals surface area (Å²) >= 11 is 0. The Balaban J connectivity index is 2.98. The van der Waals surface area contributed by atoms with Crippen LogP contribution < -0.4 is 4.74 Å². The summed E-state index contributed by atoms with van der Waals surface area (Å²) in [4.78, 5) is 0. The van der Waals surface area contributed by atoms with Gasteiger partial charge in [-0.25, -0.2) is 0 Å². The molecular formula is C11H5F5N2O. The van der Waals surface area contributed by atoms with Crippen LogP contribution in [0.4, 0.5) is 22.0 Å². The van der Waals surface area contributed by atoms with Gasteiger partial charge in [0.05, 0.1) is 5.56 Å². The average molecular weight is 276 g/mol. The Bertz CT molecular complexity index is 554. The number of nitriles is 2. The van der Waals surface area contributed by atoms with Gasteiger partial charge in [0.25, 0.3) is 0 Å². The summed E-state index contributed by atoms with van der Waals surface area (Å²) in [6, 6.07) is 6.58. The number of ether oxygens (including phenoxy) is 1. The lowest BCUT2D eigenvalue weighted by atomic mass is 10.1. The lowest BCUT2D eigenvalue weighted by Gasteiger charge is -2.20. The van der Waals surface area contributed by atoms with Crippen molar-refractivity contribution in [1.82, 2.24) is 0 Å². The van der Waals surface area contributed by atoms with E-state index in [-0.39, 0.29) is 11.1 Å². The number of alkyl halides is 5. The van der Waals surface area contributed by atoms with E-state index in [1.165, 1.54) is 18.2 Å². The van der Waals surface area contributed by atoms with Crippen LogP contribution in [0, 0.1) is 22.7 Å². The first-order valence-corrected chi connectivity index (χ1v) is 4.73. The fourth-order valence-corrected chi connectivity index (χ4v) is 1.11. The molecule has 0 saturated carbocycles. The minimum absolute atomic E-state index is 0.171. The molecule has 0 heterocycles. The maximum Gasteiger partial charge on any atom is 0.456 e. The molecule has 0 aromatic heterocycles. The third kappa shape index (κ3) is 3.10. The highest BCUT2D eigenvalue weighted by atomic mass is 19.4. The van der Waals surface area contributed by atoms with Crippen LogP contribution >= 0.6 is 0 Å². The monoisotopic (exact) mass is 276 g/mol. The summed E-state index contributed by atoms with van der Waals surface area (Å²) < 4.78 is 65.3. The molecule has 0 aliphatic carbocycles. The molecule has 0 spiro atoms. The largest absolute Gasteiger partial charge is 0.485 e. The van der Waals surface area contributed by atoms with E-state index in [0.29, 0.717) is 0 Å². The first-order chi connectivity index (χ1) is 8.73.